The third-order valence-electron chi connectivity index (χ3n) is 4.85. The van der Waals surface area contributed by atoms with Gasteiger partial charge in [-0.1, -0.05) is 106 Å². The summed E-state index contributed by atoms with van der Waals surface area (Å²) in [4.78, 5) is 4.08. The molecule has 4 heteroatoms. The van der Waals surface area contributed by atoms with Gasteiger partial charge in [-0.3, -0.25) is 0 Å². The first-order chi connectivity index (χ1) is 12.6. The molecule has 0 spiro atoms. The zero-order valence-corrected chi connectivity index (χ0v) is 19.3. The van der Waals surface area contributed by atoms with Gasteiger partial charge in [-0.25, -0.2) is 4.99 Å². The summed E-state index contributed by atoms with van der Waals surface area (Å²) in [7, 11) is 0. The summed E-state index contributed by atoms with van der Waals surface area (Å²) < 4.78 is 5.05. The maximum absolute atomic E-state index is 8.76. The van der Waals surface area contributed by atoms with Crippen molar-refractivity contribution in [1.82, 2.24) is 0 Å². The predicted octanol–water partition coefficient (Wildman–Crippen LogP) is 7.05. The van der Waals surface area contributed by atoms with Crippen LogP contribution in [0.5, 0.6) is 0 Å². The molecule has 26 heavy (non-hydrogen) atoms. The number of halogens is 1. The normalized spacial score (nSPS) is 18.9. The predicted molar refractivity (Wildman–Crippen MR) is 119 cm³/mol. The minimum atomic E-state index is -0.371. The van der Waals surface area contributed by atoms with E-state index in [1.54, 1.807) is 6.92 Å². The molecule has 0 amide bonds. The highest BCUT2D eigenvalue weighted by atomic mass is 79.9. The second kappa shape index (κ2) is 18.3. The summed E-state index contributed by atoms with van der Waals surface area (Å²) in [5.74, 6) is 0.673. The number of aliphatic imine (C=N–C) groups is 1. The molecule has 1 aliphatic rings. The van der Waals surface area contributed by atoms with Gasteiger partial charge in [0.25, 0.3) is 0 Å². The molecule has 0 radical (unpaired) electrons. The van der Waals surface area contributed by atoms with E-state index in [4.69, 9.17) is 9.84 Å². The summed E-state index contributed by atoms with van der Waals surface area (Å²) in [6.45, 7) is 6.52. The van der Waals surface area contributed by atoms with Crippen LogP contribution in [0.2, 0.25) is 0 Å². The second-order valence-corrected chi connectivity index (χ2v) is 8.65. The third kappa shape index (κ3) is 16.1. The lowest BCUT2D eigenvalue weighted by Crippen LogP contribution is -2.28. The lowest BCUT2D eigenvalue weighted by Gasteiger charge is -2.12. The average molecular weight is 435 g/mol. The SMILES string of the molecule is CC1=NC(C)(CO)CO1.CCCCCCCCCCCCCCCCBr. The van der Waals surface area contributed by atoms with Gasteiger partial charge in [-0.15, -0.1) is 0 Å². The van der Waals surface area contributed by atoms with Crippen molar-refractivity contribution in [3.63, 3.8) is 0 Å². The highest BCUT2D eigenvalue weighted by Crippen LogP contribution is 2.16. The lowest BCUT2D eigenvalue weighted by molar-refractivity contribution is 0.169. The number of aliphatic hydroxyl groups is 1. The van der Waals surface area contributed by atoms with Gasteiger partial charge in [0.15, 0.2) is 5.90 Å². The molecule has 1 atom stereocenters. The first-order valence-corrected chi connectivity index (χ1v) is 12.1. The van der Waals surface area contributed by atoms with Crippen LogP contribution in [0, 0.1) is 0 Å². The molecular formula is C22H44BrNO2. The summed E-state index contributed by atoms with van der Waals surface area (Å²) in [5, 5.41) is 9.94. The van der Waals surface area contributed by atoms with Gasteiger partial charge >= 0.3 is 0 Å². The Kier molecular flexibility index (Phi) is 18.2. The Bertz CT molecular complexity index is 322. The number of nitrogens with zero attached hydrogens (tertiary/aromatic N) is 1. The fraction of sp³-hybridized carbons (Fsp3) is 0.955. The molecule has 1 rings (SSSR count). The third-order valence-corrected chi connectivity index (χ3v) is 5.41. The van der Waals surface area contributed by atoms with Crippen molar-refractivity contribution >= 4 is 21.8 Å². The Hall–Kier alpha value is -0.0900. The van der Waals surface area contributed by atoms with Crippen LogP contribution in [0.3, 0.4) is 0 Å². The van der Waals surface area contributed by atoms with E-state index in [0.717, 1.165) is 0 Å². The van der Waals surface area contributed by atoms with Crippen molar-refractivity contribution in [2.45, 2.75) is 116 Å². The molecule has 1 N–H and O–H groups in total. The summed E-state index contributed by atoms with van der Waals surface area (Å²) in [5.41, 5.74) is -0.371. The molecule has 0 saturated heterocycles. The minimum Gasteiger partial charge on any atom is -0.479 e. The fourth-order valence-electron chi connectivity index (χ4n) is 3.07. The van der Waals surface area contributed by atoms with Gasteiger partial charge in [0, 0.05) is 12.3 Å². The zero-order chi connectivity index (χ0) is 19.5. The van der Waals surface area contributed by atoms with E-state index in [9.17, 15) is 0 Å². The van der Waals surface area contributed by atoms with Crippen LogP contribution in [-0.4, -0.2) is 35.1 Å². The van der Waals surface area contributed by atoms with E-state index in [-0.39, 0.29) is 12.1 Å². The smallest absolute Gasteiger partial charge is 0.180 e. The van der Waals surface area contributed by atoms with Gasteiger partial charge < -0.3 is 9.84 Å². The molecule has 3 nitrogen and oxygen atoms in total. The molecule has 0 aliphatic carbocycles. The molecule has 1 heterocycles. The van der Waals surface area contributed by atoms with Crippen LogP contribution in [0.1, 0.15) is 111 Å². The molecule has 0 saturated carbocycles. The summed E-state index contributed by atoms with van der Waals surface area (Å²) in [6.07, 6.45) is 20.3. The van der Waals surface area contributed by atoms with Crippen LogP contribution in [0.4, 0.5) is 0 Å². The quantitative estimate of drug-likeness (QED) is 0.222. The molecule has 0 aromatic rings. The van der Waals surface area contributed by atoms with Gasteiger partial charge in [-0.2, -0.15) is 0 Å². The molecule has 1 aliphatic heterocycles. The van der Waals surface area contributed by atoms with Crippen molar-refractivity contribution in [3.05, 3.63) is 0 Å². The van der Waals surface area contributed by atoms with E-state index in [2.05, 4.69) is 27.8 Å². The first kappa shape index (κ1) is 25.9. The van der Waals surface area contributed by atoms with Crippen molar-refractivity contribution in [2.24, 2.45) is 4.99 Å². The van der Waals surface area contributed by atoms with E-state index >= 15 is 0 Å². The van der Waals surface area contributed by atoms with Gasteiger partial charge in [0.05, 0.1) is 6.61 Å². The van der Waals surface area contributed by atoms with Crippen molar-refractivity contribution in [3.8, 4) is 0 Å². The van der Waals surface area contributed by atoms with Crippen molar-refractivity contribution < 1.29 is 9.84 Å². The Balaban J connectivity index is 0.000000577. The number of ether oxygens (including phenoxy) is 1. The van der Waals surface area contributed by atoms with Crippen molar-refractivity contribution in [2.75, 3.05) is 18.5 Å². The van der Waals surface area contributed by atoms with Crippen LogP contribution in [-0.2, 0) is 4.74 Å². The maximum Gasteiger partial charge on any atom is 0.180 e. The number of rotatable bonds is 15. The molecule has 1 unspecified atom stereocenters. The molecule has 0 bridgehead atoms. The standard InChI is InChI=1S/C16H33Br.C6H11NO2/c1-2-3-4-5-6-7-8-9-10-11-12-13-14-15-16-17;1-5-7-6(2,3-8)4-9-5/h2-16H2,1H3;8H,3-4H2,1-2H3. The number of unbranched alkanes of at least 4 members (excludes halogenated alkanes) is 13. The Morgan fingerprint density at radius 1 is 0.885 bits per heavy atom. The highest BCUT2D eigenvalue weighted by molar-refractivity contribution is 9.09. The van der Waals surface area contributed by atoms with Crippen LogP contribution < -0.4 is 0 Å². The molecule has 0 aromatic heterocycles. The molecule has 0 fully saturated rings. The largest absolute Gasteiger partial charge is 0.479 e. The Labute approximate surface area is 171 Å². The van der Waals surface area contributed by atoms with Gasteiger partial charge in [-0.05, 0) is 13.3 Å². The van der Waals surface area contributed by atoms with E-state index in [1.165, 1.54) is 95.2 Å². The number of hydrogen-bond acceptors (Lipinski definition) is 3. The topological polar surface area (TPSA) is 41.8 Å². The van der Waals surface area contributed by atoms with Crippen molar-refractivity contribution in [1.29, 1.82) is 0 Å². The monoisotopic (exact) mass is 433 g/mol. The summed E-state index contributed by atoms with van der Waals surface area (Å²) >= 11 is 3.48. The Morgan fingerprint density at radius 3 is 1.58 bits per heavy atom. The van der Waals surface area contributed by atoms with E-state index < -0.39 is 0 Å². The van der Waals surface area contributed by atoms with Gasteiger partial charge in [0.2, 0.25) is 0 Å². The second-order valence-electron chi connectivity index (χ2n) is 7.86. The minimum absolute atomic E-state index is 0.0599. The number of alkyl halides is 1. The van der Waals surface area contributed by atoms with Crippen LogP contribution in [0.15, 0.2) is 4.99 Å². The van der Waals surface area contributed by atoms with Crippen LogP contribution in [0.25, 0.3) is 0 Å². The van der Waals surface area contributed by atoms with E-state index in [0.29, 0.717) is 12.5 Å². The highest BCUT2D eigenvalue weighted by Gasteiger charge is 2.28. The van der Waals surface area contributed by atoms with Gasteiger partial charge in [0.1, 0.15) is 12.1 Å². The molecular weight excluding hydrogens is 390 g/mol. The first-order valence-electron chi connectivity index (χ1n) is 10.9. The molecule has 0 aromatic carbocycles. The number of hydrogen-bond donors (Lipinski definition) is 1. The summed E-state index contributed by atoms with van der Waals surface area (Å²) in [6, 6.07) is 0. The Morgan fingerprint density at radius 2 is 1.31 bits per heavy atom. The van der Waals surface area contributed by atoms with E-state index in [1.807, 2.05) is 6.92 Å². The number of aliphatic hydroxyl groups excluding tert-OH is 1. The lowest BCUT2D eigenvalue weighted by atomic mass is 10.0. The van der Waals surface area contributed by atoms with Crippen LogP contribution >= 0.6 is 15.9 Å². The molecule has 156 valence electrons. The maximum atomic E-state index is 8.76. The fourth-order valence-corrected chi connectivity index (χ4v) is 3.47. The average Bonchev–Trinajstić information content (AvgIpc) is 2.99. The zero-order valence-electron chi connectivity index (χ0n) is 17.7.